The molecule has 0 spiro atoms. The van der Waals surface area contributed by atoms with E-state index in [4.69, 9.17) is 11.6 Å². The first-order valence-corrected chi connectivity index (χ1v) is 7.16. The van der Waals surface area contributed by atoms with Crippen molar-refractivity contribution >= 4 is 11.6 Å². The summed E-state index contributed by atoms with van der Waals surface area (Å²) in [4.78, 5) is 8.93. The van der Waals surface area contributed by atoms with Crippen molar-refractivity contribution in [1.82, 2.24) is 9.97 Å². The average Bonchev–Trinajstić information content (AvgIpc) is 3.22. The van der Waals surface area contributed by atoms with E-state index in [2.05, 4.69) is 48.1 Å². The molecule has 0 amide bonds. The first-order chi connectivity index (χ1) is 9.13. The summed E-state index contributed by atoms with van der Waals surface area (Å²) in [6, 6.07) is 10.4. The topological polar surface area (TPSA) is 25.8 Å². The van der Waals surface area contributed by atoms with Crippen LogP contribution in [0.4, 0.5) is 0 Å². The van der Waals surface area contributed by atoms with Crippen LogP contribution in [-0.2, 0) is 0 Å². The Kier molecular flexibility index (Phi) is 3.28. The third kappa shape index (κ3) is 2.79. The molecule has 98 valence electrons. The molecule has 19 heavy (non-hydrogen) atoms. The number of aromatic nitrogens is 2. The van der Waals surface area contributed by atoms with Crippen LogP contribution in [0.25, 0.3) is 11.4 Å². The van der Waals surface area contributed by atoms with E-state index in [9.17, 15) is 0 Å². The van der Waals surface area contributed by atoms with E-state index in [1.807, 2.05) is 6.07 Å². The van der Waals surface area contributed by atoms with Gasteiger partial charge >= 0.3 is 0 Å². The molecule has 1 fully saturated rings. The fourth-order valence-corrected chi connectivity index (χ4v) is 2.37. The Labute approximate surface area is 118 Å². The van der Waals surface area contributed by atoms with Crippen LogP contribution in [0.2, 0.25) is 5.15 Å². The lowest BCUT2D eigenvalue weighted by Gasteiger charge is -2.08. The first-order valence-electron chi connectivity index (χ1n) is 6.78. The maximum absolute atomic E-state index is 6.08. The Morgan fingerprint density at radius 3 is 2.37 bits per heavy atom. The smallest absolute Gasteiger partial charge is 0.161 e. The van der Waals surface area contributed by atoms with Crippen LogP contribution in [0.5, 0.6) is 0 Å². The van der Waals surface area contributed by atoms with Gasteiger partial charge in [0.1, 0.15) is 5.15 Å². The minimum atomic E-state index is 0.352. The molecule has 3 heteroatoms. The molecule has 0 unspecified atom stereocenters. The number of nitrogens with zero attached hydrogens (tertiary/aromatic N) is 2. The van der Waals surface area contributed by atoms with E-state index >= 15 is 0 Å². The predicted octanol–water partition coefficient (Wildman–Crippen LogP) is 4.80. The Bertz CT molecular complexity index is 586. The Morgan fingerprint density at radius 2 is 1.79 bits per heavy atom. The molecule has 3 rings (SSSR count). The van der Waals surface area contributed by atoms with Crippen LogP contribution in [0.1, 0.15) is 49.8 Å². The normalized spacial score (nSPS) is 14.9. The van der Waals surface area contributed by atoms with Crippen molar-refractivity contribution in [2.75, 3.05) is 0 Å². The predicted molar refractivity (Wildman–Crippen MR) is 78.5 cm³/mol. The van der Waals surface area contributed by atoms with E-state index in [0.717, 1.165) is 23.0 Å². The number of hydrogen-bond donors (Lipinski definition) is 0. The van der Waals surface area contributed by atoms with Gasteiger partial charge in [0.25, 0.3) is 0 Å². The summed E-state index contributed by atoms with van der Waals surface area (Å²) < 4.78 is 0. The lowest BCUT2D eigenvalue weighted by Crippen LogP contribution is -1.98. The lowest BCUT2D eigenvalue weighted by atomic mass is 10.1. The van der Waals surface area contributed by atoms with E-state index in [-0.39, 0.29) is 0 Å². The Balaban J connectivity index is 1.96. The molecule has 2 aromatic rings. The number of halogens is 1. The molecule has 1 aromatic carbocycles. The molecule has 2 nitrogen and oxygen atoms in total. The molecular formula is C16H17ClN2. The van der Waals surface area contributed by atoms with Gasteiger partial charge in [-0.15, -0.1) is 0 Å². The summed E-state index contributed by atoms with van der Waals surface area (Å²) in [6.45, 7) is 4.22. The first kappa shape index (κ1) is 12.6. The zero-order valence-electron chi connectivity index (χ0n) is 11.2. The van der Waals surface area contributed by atoms with Crippen molar-refractivity contribution in [2.45, 2.75) is 38.5 Å². The molecule has 1 aliphatic carbocycles. The van der Waals surface area contributed by atoms with Gasteiger partial charge in [-0.1, -0.05) is 49.7 Å². The zero-order valence-corrected chi connectivity index (χ0v) is 12.0. The van der Waals surface area contributed by atoms with E-state index in [1.54, 1.807) is 0 Å². The number of benzene rings is 1. The molecule has 0 bridgehead atoms. The van der Waals surface area contributed by atoms with Gasteiger partial charge in [-0.2, -0.15) is 0 Å². The molecule has 1 saturated carbocycles. The largest absolute Gasteiger partial charge is 0.233 e. The third-order valence-electron chi connectivity index (χ3n) is 3.52. The van der Waals surface area contributed by atoms with Crippen LogP contribution in [0.15, 0.2) is 30.3 Å². The summed E-state index contributed by atoms with van der Waals surface area (Å²) in [5.74, 6) is 1.85. The molecule has 0 saturated heterocycles. The summed E-state index contributed by atoms with van der Waals surface area (Å²) >= 11 is 6.08. The number of rotatable bonds is 3. The van der Waals surface area contributed by atoms with Gasteiger partial charge in [-0.25, -0.2) is 9.97 Å². The SMILES string of the molecule is CC(C)c1cc(Cl)nc(-c2ccc(C3CC3)cc2)n1. The second-order valence-electron chi connectivity index (χ2n) is 5.49. The quantitative estimate of drug-likeness (QED) is 0.750. The van der Waals surface area contributed by atoms with Gasteiger partial charge in [-0.3, -0.25) is 0 Å². The molecular weight excluding hydrogens is 256 g/mol. The second-order valence-corrected chi connectivity index (χ2v) is 5.88. The monoisotopic (exact) mass is 272 g/mol. The molecule has 0 aliphatic heterocycles. The Morgan fingerprint density at radius 1 is 1.11 bits per heavy atom. The van der Waals surface area contributed by atoms with Crippen LogP contribution in [0.3, 0.4) is 0 Å². The zero-order chi connectivity index (χ0) is 13.4. The van der Waals surface area contributed by atoms with Gasteiger partial charge < -0.3 is 0 Å². The number of hydrogen-bond acceptors (Lipinski definition) is 2. The minimum absolute atomic E-state index is 0.352. The molecule has 1 aromatic heterocycles. The average molecular weight is 273 g/mol. The van der Waals surface area contributed by atoms with Crippen LogP contribution < -0.4 is 0 Å². The highest BCUT2D eigenvalue weighted by atomic mass is 35.5. The highest BCUT2D eigenvalue weighted by Crippen LogP contribution is 2.40. The van der Waals surface area contributed by atoms with Crippen molar-refractivity contribution in [3.8, 4) is 11.4 Å². The summed E-state index contributed by atoms with van der Waals surface area (Å²) in [6.07, 6.45) is 2.65. The van der Waals surface area contributed by atoms with E-state index in [1.165, 1.54) is 18.4 Å². The van der Waals surface area contributed by atoms with Crippen molar-refractivity contribution in [3.63, 3.8) is 0 Å². The molecule has 1 aliphatic rings. The fraction of sp³-hybridized carbons (Fsp3) is 0.375. The minimum Gasteiger partial charge on any atom is -0.233 e. The van der Waals surface area contributed by atoms with Gasteiger partial charge in [0.15, 0.2) is 5.82 Å². The molecule has 0 radical (unpaired) electrons. The van der Waals surface area contributed by atoms with Gasteiger partial charge in [0.05, 0.1) is 0 Å². The van der Waals surface area contributed by atoms with Gasteiger partial charge in [0.2, 0.25) is 0 Å². The summed E-state index contributed by atoms with van der Waals surface area (Å²) in [7, 11) is 0. The summed E-state index contributed by atoms with van der Waals surface area (Å²) in [5.41, 5.74) is 3.45. The molecule has 0 N–H and O–H groups in total. The van der Waals surface area contributed by atoms with Gasteiger partial charge in [-0.05, 0) is 36.3 Å². The highest BCUT2D eigenvalue weighted by Gasteiger charge is 2.23. The van der Waals surface area contributed by atoms with Crippen LogP contribution in [-0.4, -0.2) is 9.97 Å². The third-order valence-corrected chi connectivity index (χ3v) is 3.72. The standard InChI is InChI=1S/C16H17ClN2/c1-10(2)14-9-15(17)19-16(18-14)13-7-5-12(6-8-13)11-3-4-11/h5-11H,3-4H2,1-2H3. The molecule has 1 heterocycles. The Hall–Kier alpha value is -1.41. The van der Waals surface area contributed by atoms with Crippen molar-refractivity contribution in [3.05, 3.63) is 46.7 Å². The van der Waals surface area contributed by atoms with Gasteiger partial charge in [0, 0.05) is 11.3 Å². The summed E-state index contributed by atoms with van der Waals surface area (Å²) in [5, 5.41) is 0.514. The fourth-order valence-electron chi connectivity index (χ4n) is 2.18. The van der Waals surface area contributed by atoms with Crippen molar-refractivity contribution in [1.29, 1.82) is 0 Å². The van der Waals surface area contributed by atoms with Crippen molar-refractivity contribution in [2.24, 2.45) is 0 Å². The van der Waals surface area contributed by atoms with Crippen LogP contribution in [0, 0.1) is 0 Å². The van der Waals surface area contributed by atoms with E-state index in [0.29, 0.717) is 11.1 Å². The highest BCUT2D eigenvalue weighted by molar-refractivity contribution is 6.29. The molecule has 0 atom stereocenters. The maximum atomic E-state index is 6.08. The second kappa shape index (κ2) is 4.93. The van der Waals surface area contributed by atoms with E-state index < -0.39 is 0 Å². The van der Waals surface area contributed by atoms with Crippen LogP contribution >= 0.6 is 11.6 Å². The maximum Gasteiger partial charge on any atom is 0.161 e. The van der Waals surface area contributed by atoms with Crippen molar-refractivity contribution < 1.29 is 0 Å². The lowest BCUT2D eigenvalue weighted by molar-refractivity contribution is 0.817.